The molecule has 1 saturated heterocycles. The molecule has 1 unspecified atom stereocenters. The second-order valence-electron chi connectivity index (χ2n) is 8.84. The van der Waals surface area contributed by atoms with Crippen molar-refractivity contribution in [2.75, 3.05) is 12.3 Å². The molecule has 0 aromatic heterocycles. The molecule has 3 atom stereocenters. The normalized spacial score (nSPS) is 23.3. The summed E-state index contributed by atoms with van der Waals surface area (Å²) in [7, 11) is -3.99. The van der Waals surface area contributed by atoms with Crippen LogP contribution in [0.3, 0.4) is 0 Å². The van der Waals surface area contributed by atoms with E-state index in [9.17, 15) is 27.1 Å². The number of benzene rings is 2. The summed E-state index contributed by atoms with van der Waals surface area (Å²) in [5.41, 5.74) is -4.48. The smallest absolute Gasteiger partial charge is 0.211 e. The summed E-state index contributed by atoms with van der Waals surface area (Å²) in [4.78, 5) is 13.4. The molecule has 0 radical (unpaired) electrons. The molecule has 0 aliphatic carbocycles. The molecule has 1 aliphatic rings. The van der Waals surface area contributed by atoms with Crippen LogP contribution in [0.5, 0.6) is 0 Å². The second kappa shape index (κ2) is 9.58. The lowest BCUT2D eigenvalue weighted by atomic mass is 9.76. The van der Waals surface area contributed by atoms with Crippen molar-refractivity contribution in [3.8, 4) is 11.1 Å². The fraction of sp³-hybridized carbons (Fsp3) is 0.435. The summed E-state index contributed by atoms with van der Waals surface area (Å²) in [6.45, 7) is 3.28. The summed E-state index contributed by atoms with van der Waals surface area (Å²) in [6, 6.07) is 6.25. The van der Waals surface area contributed by atoms with E-state index in [0.29, 0.717) is 0 Å². The van der Waals surface area contributed by atoms with Crippen molar-refractivity contribution >= 4 is 27.4 Å². The minimum Gasteiger partial charge on any atom is -0.383 e. The van der Waals surface area contributed by atoms with Crippen molar-refractivity contribution in [2.45, 2.75) is 50.5 Å². The Bertz CT molecular complexity index is 1200. The topological polar surface area (TPSA) is 95.5 Å². The largest absolute Gasteiger partial charge is 0.383 e. The molecule has 0 bridgehead atoms. The maximum absolute atomic E-state index is 15.7. The first-order valence-electron chi connectivity index (χ1n) is 10.6. The Balaban J connectivity index is 2.19. The van der Waals surface area contributed by atoms with Gasteiger partial charge in [-0.05, 0) is 44.5 Å². The standard InChI is InChI=1S/C23H26ClF3N2O4S/c1-4-34(32,33)29-20-18(26)12-28-23(20,21(30)22(2,3)31)11-13-9-14(24)10-16(19(13)27)15-7-5-6-8-17(15)25/h5-10,18,20,28-29,31H,4,11-12H2,1-3H3/t18?,20-,23-/m0/s1. The van der Waals surface area contributed by atoms with E-state index >= 15 is 4.39 Å². The van der Waals surface area contributed by atoms with Gasteiger partial charge in [0.1, 0.15) is 28.9 Å². The number of halogens is 4. The lowest BCUT2D eigenvalue weighted by Gasteiger charge is -2.38. The Morgan fingerprint density at radius 2 is 1.91 bits per heavy atom. The zero-order valence-corrected chi connectivity index (χ0v) is 20.4. The molecular weight excluding hydrogens is 493 g/mol. The monoisotopic (exact) mass is 518 g/mol. The van der Waals surface area contributed by atoms with Gasteiger partial charge in [0, 0.05) is 29.1 Å². The second-order valence-corrected chi connectivity index (χ2v) is 11.3. The number of hydrogen-bond donors (Lipinski definition) is 3. The van der Waals surface area contributed by atoms with Crippen LogP contribution in [0.1, 0.15) is 26.3 Å². The van der Waals surface area contributed by atoms with Gasteiger partial charge in [-0.15, -0.1) is 0 Å². The van der Waals surface area contributed by atoms with Gasteiger partial charge in [-0.3, -0.25) is 4.79 Å². The third kappa shape index (κ3) is 5.16. The summed E-state index contributed by atoms with van der Waals surface area (Å²) in [5.74, 6) is -2.92. The van der Waals surface area contributed by atoms with E-state index in [1.807, 2.05) is 0 Å². The van der Waals surface area contributed by atoms with Crippen LogP contribution >= 0.6 is 11.6 Å². The molecule has 2 aromatic carbocycles. The maximum atomic E-state index is 15.7. The lowest BCUT2D eigenvalue weighted by Crippen LogP contribution is -2.67. The van der Waals surface area contributed by atoms with Crippen molar-refractivity contribution in [1.29, 1.82) is 0 Å². The van der Waals surface area contributed by atoms with E-state index in [0.717, 1.165) is 6.07 Å². The number of nitrogens with one attached hydrogen (secondary N) is 2. The van der Waals surface area contributed by atoms with Gasteiger partial charge in [-0.1, -0.05) is 29.8 Å². The maximum Gasteiger partial charge on any atom is 0.211 e. The molecule has 6 nitrogen and oxygen atoms in total. The average molecular weight is 519 g/mol. The Morgan fingerprint density at radius 3 is 2.50 bits per heavy atom. The molecule has 1 heterocycles. The molecule has 34 heavy (non-hydrogen) atoms. The first-order valence-corrected chi connectivity index (χ1v) is 12.6. The molecule has 3 N–H and O–H groups in total. The van der Waals surface area contributed by atoms with Gasteiger partial charge in [-0.2, -0.15) is 0 Å². The van der Waals surface area contributed by atoms with Crippen LogP contribution in [0.15, 0.2) is 36.4 Å². The van der Waals surface area contributed by atoms with Gasteiger partial charge in [0.15, 0.2) is 5.78 Å². The molecule has 2 aromatic rings. The number of alkyl halides is 1. The minimum absolute atomic E-state index is 0.0287. The predicted molar refractivity (Wildman–Crippen MR) is 124 cm³/mol. The molecular formula is C23H26ClF3N2O4S. The summed E-state index contributed by atoms with van der Waals surface area (Å²) in [6.07, 6.45) is -2.40. The van der Waals surface area contributed by atoms with E-state index in [1.165, 1.54) is 51.1 Å². The van der Waals surface area contributed by atoms with Crippen molar-refractivity contribution in [2.24, 2.45) is 0 Å². The number of rotatable bonds is 8. The molecule has 3 rings (SSSR count). The van der Waals surface area contributed by atoms with Gasteiger partial charge < -0.3 is 10.4 Å². The SMILES string of the molecule is CCS(=O)(=O)N[C@H]1C(F)CN[C@]1(Cc1cc(Cl)cc(-c2ccccc2F)c1F)C(=O)C(C)(C)O. The summed E-state index contributed by atoms with van der Waals surface area (Å²) >= 11 is 6.19. The molecule has 0 amide bonds. The van der Waals surface area contributed by atoms with Gasteiger partial charge >= 0.3 is 0 Å². The number of aliphatic hydroxyl groups is 1. The summed E-state index contributed by atoms with van der Waals surface area (Å²) < 4.78 is 71.8. The van der Waals surface area contributed by atoms with Crippen LogP contribution < -0.4 is 10.0 Å². The van der Waals surface area contributed by atoms with Gasteiger partial charge in [-0.25, -0.2) is 26.3 Å². The van der Waals surface area contributed by atoms with Crippen LogP contribution in [0.4, 0.5) is 13.2 Å². The fourth-order valence-corrected chi connectivity index (χ4v) is 5.38. The van der Waals surface area contributed by atoms with Crippen molar-refractivity contribution in [3.63, 3.8) is 0 Å². The molecule has 11 heteroatoms. The Labute approximate surface area is 201 Å². The molecule has 186 valence electrons. The van der Waals surface area contributed by atoms with Crippen LogP contribution in [-0.2, 0) is 21.2 Å². The third-order valence-corrected chi connectivity index (χ3v) is 7.49. The quantitative estimate of drug-likeness (QED) is 0.499. The van der Waals surface area contributed by atoms with Crippen LogP contribution in [-0.4, -0.2) is 55.0 Å². The van der Waals surface area contributed by atoms with Crippen LogP contribution in [0.25, 0.3) is 11.1 Å². The molecule has 0 spiro atoms. The summed E-state index contributed by atoms with van der Waals surface area (Å²) in [5, 5.41) is 13.2. The van der Waals surface area contributed by atoms with E-state index in [2.05, 4.69) is 10.0 Å². The molecule has 0 saturated carbocycles. The van der Waals surface area contributed by atoms with Crippen LogP contribution in [0.2, 0.25) is 5.02 Å². The van der Waals surface area contributed by atoms with Gasteiger partial charge in [0.05, 0.1) is 11.8 Å². The van der Waals surface area contributed by atoms with E-state index < -0.39 is 63.8 Å². The third-order valence-electron chi connectivity index (χ3n) is 5.90. The highest BCUT2D eigenvalue weighted by atomic mass is 35.5. The molecule has 1 fully saturated rings. The minimum atomic E-state index is -3.99. The first-order chi connectivity index (χ1) is 15.7. The predicted octanol–water partition coefficient (Wildman–Crippen LogP) is 3.16. The van der Waals surface area contributed by atoms with Gasteiger partial charge in [0.2, 0.25) is 10.0 Å². The Kier molecular flexibility index (Phi) is 7.50. The van der Waals surface area contributed by atoms with E-state index in [4.69, 9.17) is 11.6 Å². The lowest BCUT2D eigenvalue weighted by molar-refractivity contribution is -0.141. The number of ketones is 1. The van der Waals surface area contributed by atoms with Gasteiger partial charge in [0.25, 0.3) is 0 Å². The first kappa shape index (κ1) is 26.6. The van der Waals surface area contributed by atoms with Crippen molar-refractivity contribution < 1.29 is 31.5 Å². The van der Waals surface area contributed by atoms with E-state index in [1.54, 1.807) is 0 Å². The van der Waals surface area contributed by atoms with Crippen LogP contribution in [0, 0.1) is 11.6 Å². The number of hydrogen-bond acceptors (Lipinski definition) is 5. The highest BCUT2D eigenvalue weighted by Gasteiger charge is 2.58. The van der Waals surface area contributed by atoms with E-state index in [-0.39, 0.29) is 27.5 Å². The number of carbonyl (C=O) groups excluding carboxylic acids is 1. The Morgan fingerprint density at radius 1 is 1.26 bits per heavy atom. The number of carbonyl (C=O) groups is 1. The Hall–Kier alpha value is -1.98. The highest BCUT2D eigenvalue weighted by Crippen LogP contribution is 2.36. The molecule has 1 aliphatic heterocycles. The fourth-order valence-electron chi connectivity index (χ4n) is 4.24. The average Bonchev–Trinajstić information content (AvgIpc) is 3.05. The highest BCUT2D eigenvalue weighted by molar-refractivity contribution is 7.89. The van der Waals surface area contributed by atoms with Crippen molar-refractivity contribution in [1.82, 2.24) is 10.0 Å². The number of Topliss-reactive ketones (excluding diaryl/α,β-unsaturated/α-hetero) is 1. The zero-order valence-electron chi connectivity index (χ0n) is 18.8. The zero-order chi connectivity index (χ0) is 25.5. The van der Waals surface area contributed by atoms with Crippen molar-refractivity contribution in [3.05, 3.63) is 58.6 Å². The number of sulfonamides is 1.